The smallest absolute Gasteiger partial charge is 0.371 e. The fourth-order valence-electron chi connectivity index (χ4n) is 0.531. The first kappa shape index (κ1) is 10.4. The number of hydrogen-bond acceptors (Lipinski definition) is 4. The Hall–Kier alpha value is -1.62. The highest BCUT2D eigenvalue weighted by atomic mass is 16.4. The van der Waals surface area contributed by atoms with Crippen molar-refractivity contribution in [1.82, 2.24) is 0 Å². The molecule has 0 unspecified atom stereocenters. The molecule has 5 heteroatoms. The van der Waals surface area contributed by atoms with E-state index in [1.807, 2.05) is 0 Å². The maximum atomic E-state index is 10.1. The lowest BCUT2D eigenvalue weighted by atomic mass is 10.4. The predicted octanol–water partition coefficient (Wildman–Crippen LogP) is 0.365. The first-order valence-electron chi connectivity index (χ1n) is 3.10. The molecule has 0 aromatic carbocycles. The Balaban J connectivity index is 0.000000561. The molecule has 0 bridgehead atoms. The van der Waals surface area contributed by atoms with Crippen molar-refractivity contribution < 1.29 is 19.1 Å². The SMILES string of the molecule is CN.O=Cc1ccc(C(=O)O)o1. The van der Waals surface area contributed by atoms with Crippen LogP contribution in [0, 0.1) is 0 Å². The summed E-state index contributed by atoms with van der Waals surface area (Å²) in [7, 11) is 1.50. The quantitative estimate of drug-likeness (QED) is 0.627. The maximum absolute atomic E-state index is 10.1. The van der Waals surface area contributed by atoms with E-state index < -0.39 is 5.97 Å². The summed E-state index contributed by atoms with van der Waals surface area (Å²) >= 11 is 0. The van der Waals surface area contributed by atoms with Crippen LogP contribution in [0.5, 0.6) is 0 Å². The molecular formula is C7H9NO4. The lowest BCUT2D eigenvalue weighted by Crippen LogP contribution is -1.91. The Kier molecular flexibility index (Phi) is 4.40. The van der Waals surface area contributed by atoms with E-state index in [1.54, 1.807) is 0 Å². The van der Waals surface area contributed by atoms with Gasteiger partial charge in [-0.1, -0.05) is 0 Å². The van der Waals surface area contributed by atoms with Gasteiger partial charge < -0.3 is 15.3 Å². The summed E-state index contributed by atoms with van der Waals surface area (Å²) in [5, 5.41) is 8.28. The van der Waals surface area contributed by atoms with Gasteiger partial charge in [0.25, 0.3) is 0 Å². The van der Waals surface area contributed by atoms with E-state index in [0.29, 0.717) is 6.29 Å². The molecule has 0 aliphatic carbocycles. The number of aldehydes is 1. The van der Waals surface area contributed by atoms with E-state index in [1.165, 1.54) is 19.2 Å². The lowest BCUT2D eigenvalue weighted by Gasteiger charge is -1.81. The fourth-order valence-corrected chi connectivity index (χ4v) is 0.531. The molecular weight excluding hydrogens is 162 g/mol. The Labute approximate surface area is 68.8 Å². The molecule has 1 aromatic rings. The third-order valence-electron chi connectivity index (χ3n) is 0.954. The molecule has 66 valence electrons. The Morgan fingerprint density at radius 2 is 2.17 bits per heavy atom. The second-order valence-corrected chi connectivity index (χ2v) is 1.63. The average molecular weight is 171 g/mol. The van der Waals surface area contributed by atoms with E-state index in [2.05, 4.69) is 10.2 Å². The second kappa shape index (κ2) is 5.09. The van der Waals surface area contributed by atoms with Crippen molar-refractivity contribution in [2.24, 2.45) is 5.73 Å². The maximum Gasteiger partial charge on any atom is 0.371 e. The lowest BCUT2D eigenvalue weighted by molar-refractivity contribution is 0.0661. The summed E-state index contributed by atoms with van der Waals surface area (Å²) in [6, 6.07) is 2.53. The van der Waals surface area contributed by atoms with Crippen molar-refractivity contribution in [1.29, 1.82) is 0 Å². The number of rotatable bonds is 2. The molecule has 0 atom stereocenters. The van der Waals surface area contributed by atoms with Crippen LogP contribution in [0.15, 0.2) is 16.5 Å². The van der Waals surface area contributed by atoms with Crippen LogP contribution in [0.1, 0.15) is 21.1 Å². The molecule has 3 N–H and O–H groups in total. The number of carbonyl (C=O) groups excluding carboxylic acids is 1. The van der Waals surface area contributed by atoms with Crippen molar-refractivity contribution in [3.63, 3.8) is 0 Å². The summed E-state index contributed by atoms with van der Waals surface area (Å²) < 4.78 is 4.53. The zero-order chi connectivity index (χ0) is 9.56. The van der Waals surface area contributed by atoms with Crippen molar-refractivity contribution in [2.75, 3.05) is 7.05 Å². The molecule has 0 aliphatic heterocycles. The molecule has 5 nitrogen and oxygen atoms in total. The first-order chi connectivity index (χ1) is 5.74. The monoisotopic (exact) mass is 171 g/mol. The summed E-state index contributed by atoms with van der Waals surface area (Å²) in [5.41, 5.74) is 4.50. The van der Waals surface area contributed by atoms with Gasteiger partial charge in [0.05, 0.1) is 0 Å². The van der Waals surface area contributed by atoms with E-state index >= 15 is 0 Å². The van der Waals surface area contributed by atoms with Crippen LogP contribution in [-0.2, 0) is 0 Å². The summed E-state index contributed by atoms with van der Waals surface area (Å²) in [5.74, 6) is -1.37. The fraction of sp³-hybridized carbons (Fsp3) is 0.143. The summed E-state index contributed by atoms with van der Waals surface area (Å²) in [4.78, 5) is 20.1. The number of nitrogens with two attached hydrogens (primary N) is 1. The minimum absolute atomic E-state index is 0.0254. The summed E-state index contributed by atoms with van der Waals surface area (Å²) in [6.45, 7) is 0. The van der Waals surface area contributed by atoms with E-state index in [0.717, 1.165) is 0 Å². The van der Waals surface area contributed by atoms with E-state index in [9.17, 15) is 9.59 Å². The van der Waals surface area contributed by atoms with Gasteiger partial charge in [0.2, 0.25) is 5.76 Å². The van der Waals surface area contributed by atoms with Gasteiger partial charge in [-0.15, -0.1) is 0 Å². The van der Waals surface area contributed by atoms with Crippen LogP contribution < -0.4 is 5.73 Å². The highest BCUT2D eigenvalue weighted by Gasteiger charge is 2.06. The van der Waals surface area contributed by atoms with Crippen LogP contribution in [0.2, 0.25) is 0 Å². The highest BCUT2D eigenvalue weighted by molar-refractivity contribution is 5.85. The van der Waals surface area contributed by atoms with Crippen molar-refractivity contribution >= 4 is 12.3 Å². The molecule has 0 radical (unpaired) electrons. The molecule has 1 aromatic heterocycles. The minimum atomic E-state index is -1.17. The third-order valence-corrected chi connectivity index (χ3v) is 0.954. The van der Waals surface area contributed by atoms with E-state index in [4.69, 9.17) is 5.11 Å². The van der Waals surface area contributed by atoms with Crippen LogP contribution in [0.3, 0.4) is 0 Å². The normalized spacial score (nSPS) is 8.17. The average Bonchev–Trinajstić information content (AvgIpc) is 2.55. The van der Waals surface area contributed by atoms with E-state index in [-0.39, 0.29) is 11.5 Å². The van der Waals surface area contributed by atoms with Gasteiger partial charge in [-0.25, -0.2) is 4.79 Å². The van der Waals surface area contributed by atoms with Gasteiger partial charge in [-0.05, 0) is 19.2 Å². The molecule has 0 saturated heterocycles. The first-order valence-corrected chi connectivity index (χ1v) is 3.10. The van der Waals surface area contributed by atoms with Crippen LogP contribution in [-0.4, -0.2) is 24.4 Å². The molecule has 12 heavy (non-hydrogen) atoms. The van der Waals surface area contributed by atoms with Gasteiger partial charge in [-0.2, -0.15) is 0 Å². The van der Waals surface area contributed by atoms with Crippen LogP contribution in [0.4, 0.5) is 0 Å². The van der Waals surface area contributed by atoms with Gasteiger partial charge in [0, 0.05) is 0 Å². The number of aromatic carboxylic acids is 1. The van der Waals surface area contributed by atoms with Crippen molar-refractivity contribution in [2.45, 2.75) is 0 Å². The van der Waals surface area contributed by atoms with Crippen molar-refractivity contribution in [3.05, 3.63) is 23.7 Å². The Morgan fingerprint density at radius 3 is 2.42 bits per heavy atom. The predicted molar refractivity (Wildman–Crippen MR) is 41.2 cm³/mol. The standard InChI is InChI=1S/C6H4O4.CH5N/c7-3-4-1-2-5(10-4)6(8)9;1-2/h1-3H,(H,8,9);2H2,1H3. The van der Waals surface area contributed by atoms with Gasteiger partial charge in [0.1, 0.15) is 0 Å². The highest BCUT2D eigenvalue weighted by Crippen LogP contribution is 2.04. The van der Waals surface area contributed by atoms with Crippen molar-refractivity contribution in [3.8, 4) is 0 Å². The summed E-state index contributed by atoms with van der Waals surface area (Å²) in [6.07, 6.45) is 0.451. The van der Waals surface area contributed by atoms with Crippen LogP contribution in [0.25, 0.3) is 0 Å². The molecule has 0 spiro atoms. The number of furan rings is 1. The number of hydrogen-bond donors (Lipinski definition) is 2. The number of carboxylic acids is 1. The zero-order valence-electron chi connectivity index (χ0n) is 6.48. The molecule has 1 heterocycles. The zero-order valence-corrected chi connectivity index (χ0v) is 6.48. The molecule has 0 amide bonds. The second-order valence-electron chi connectivity index (χ2n) is 1.63. The van der Waals surface area contributed by atoms with Gasteiger partial charge in [0.15, 0.2) is 12.0 Å². The number of carbonyl (C=O) groups is 2. The number of carboxylic acid groups (broad SMARTS) is 1. The molecule has 0 saturated carbocycles. The van der Waals surface area contributed by atoms with Gasteiger partial charge >= 0.3 is 5.97 Å². The minimum Gasteiger partial charge on any atom is -0.475 e. The Morgan fingerprint density at radius 1 is 1.58 bits per heavy atom. The van der Waals surface area contributed by atoms with Gasteiger partial charge in [-0.3, -0.25) is 4.79 Å². The third kappa shape index (κ3) is 2.55. The Bertz CT molecular complexity index is 266. The van der Waals surface area contributed by atoms with Crippen LogP contribution >= 0.6 is 0 Å². The molecule has 0 fully saturated rings. The topological polar surface area (TPSA) is 93.5 Å². The molecule has 0 aliphatic rings. The molecule has 1 rings (SSSR count). The largest absolute Gasteiger partial charge is 0.475 e.